The van der Waals surface area contributed by atoms with Gasteiger partial charge >= 0.3 is 0 Å². The molecule has 98 valence electrons. The molecule has 0 saturated heterocycles. The SMILES string of the molecule is CCc1cc2c(nc(-c3cccnc3)n3cnnc23)s1. The summed E-state index contributed by atoms with van der Waals surface area (Å²) in [7, 11) is 0. The van der Waals surface area contributed by atoms with Crippen molar-refractivity contribution >= 4 is 27.2 Å². The molecule has 0 N–H and O–H groups in total. The molecule has 0 spiro atoms. The average molecular weight is 281 g/mol. The first kappa shape index (κ1) is 11.5. The fourth-order valence-electron chi connectivity index (χ4n) is 2.27. The Morgan fingerprint density at radius 1 is 1.35 bits per heavy atom. The molecule has 0 aliphatic carbocycles. The number of pyridine rings is 1. The van der Waals surface area contributed by atoms with E-state index in [1.165, 1.54) is 4.88 Å². The number of rotatable bonds is 2. The van der Waals surface area contributed by atoms with Gasteiger partial charge in [-0.15, -0.1) is 21.5 Å². The zero-order chi connectivity index (χ0) is 13.5. The Hall–Kier alpha value is -2.34. The van der Waals surface area contributed by atoms with E-state index in [0.29, 0.717) is 0 Å². The minimum absolute atomic E-state index is 0.829. The van der Waals surface area contributed by atoms with Gasteiger partial charge < -0.3 is 0 Å². The van der Waals surface area contributed by atoms with E-state index in [-0.39, 0.29) is 0 Å². The summed E-state index contributed by atoms with van der Waals surface area (Å²) in [5.74, 6) is 0.829. The van der Waals surface area contributed by atoms with Gasteiger partial charge in [0, 0.05) is 22.8 Å². The lowest BCUT2D eigenvalue weighted by Crippen LogP contribution is -1.95. The highest BCUT2D eigenvalue weighted by atomic mass is 32.1. The topological polar surface area (TPSA) is 56.0 Å². The highest BCUT2D eigenvalue weighted by Gasteiger charge is 2.13. The van der Waals surface area contributed by atoms with Crippen LogP contribution in [0.3, 0.4) is 0 Å². The minimum atomic E-state index is 0.829. The van der Waals surface area contributed by atoms with Crippen molar-refractivity contribution in [2.45, 2.75) is 13.3 Å². The van der Waals surface area contributed by atoms with E-state index < -0.39 is 0 Å². The van der Waals surface area contributed by atoms with E-state index in [1.807, 2.05) is 22.7 Å². The summed E-state index contributed by atoms with van der Waals surface area (Å²) in [4.78, 5) is 11.2. The third kappa shape index (κ3) is 1.61. The number of hydrogen-bond acceptors (Lipinski definition) is 5. The van der Waals surface area contributed by atoms with E-state index in [0.717, 1.165) is 33.7 Å². The summed E-state index contributed by atoms with van der Waals surface area (Å²) in [6.45, 7) is 2.15. The lowest BCUT2D eigenvalue weighted by atomic mass is 10.2. The maximum atomic E-state index is 4.78. The first-order valence-corrected chi connectivity index (χ1v) is 7.21. The molecule has 6 heteroatoms. The van der Waals surface area contributed by atoms with Crippen LogP contribution in [0.15, 0.2) is 36.9 Å². The second-order valence-electron chi connectivity index (χ2n) is 4.49. The molecule has 0 amide bonds. The Morgan fingerprint density at radius 2 is 2.30 bits per heavy atom. The van der Waals surface area contributed by atoms with Gasteiger partial charge in [-0.1, -0.05) is 6.92 Å². The van der Waals surface area contributed by atoms with Crippen molar-refractivity contribution < 1.29 is 0 Å². The van der Waals surface area contributed by atoms with E-state index in [1.54, 1.807) is 23.9 Å². The van der Waals surface area contributed by atoms with Gasteiger partial charge in [0.15, 0.2) is 5.65 Å². The molecule has 5 nitrogen and oxygen atoms in total. The number of fused-ring (bicyclic) bond motifs is 3. The van der Waals surface area contributed by atoms with Crippen LogP contribution in [0.5, 0.6) is 0 Å². The van der Waals surface area contributed by atoms with Crippen molar-refractivity contribution in [3.05, 3.63) is 41.8 Å². The molecule has 0 aliphatic rings. The highest BCUT2D eigenvalue weighted by molar-refractivity contribution is 7.18. The van der Waals surface area contributed by atoms with Gasteiger partial charge in [0.1, 0.15) is 17.0 Å². The summed E-state index contributed by atoms with van der Waals surface area (Å²) >= 11 is 1.71. The molecule has 4 aromatic rings. The molecule has 0 aliphatic heterocycles. The maximum Gasteiger partial charge on any atom is 0.172 e. The Kier molecular flexibility index (Phi) is 2.50. The number of aromatic nitrogens is 5. The zero-order valence-electron chi connectivity index (χ0n) is 10.8. The molecular weight excluding hydrogens is 270 g/mol. The Balaban J connectivity index is 2.11. The van der Waals surface area contributed by atoms with E-state index in [2.05, 4.69) is 28.2 Å². The maximum absolute atomic E-state index is 4.78. The third-order valence-electron chi connectivity index (χ3n) is 3.26. The van der Waals surface area contributed by atoms with Crippen molar-refractivity contribution in [3.63, 3.8) is 0 Å². The van der Waals surface area contributed by atoms with E-state index in [9.17, 15) is 0 Å². The number of hydrogen-bond donors (Lipinski definition) is 0. The summed E-state index contributed by atoms with van der Waals surface area (Å²) in [6, 6.07) is 6.06. The third-order valence-corrected chi connectivity index (χ3v) is 4.43. The lowest BCUT2D eigenvalue weighted by molar-refractivity contribution is 1.09. The molecule has 0 radical (unpaired) electrons. The van der Waals surface area contributed by atoms with Gasteiger partial charge in [-0.2, -0.15) is 0 Å². The van der Waals surface area contributed by atoms with Crippen LogP contribution < -0.4 is 0 Å². The van der Waals surface area contributed by atoms with Crippen molar-refractivity contribution in [3.8, 4) is 11.4 Å². The molecule has 0 atom stereocenters. The van der Waals surface area contributed by atoms with Crippen molar-refractivity contribution in [2.75, 3.05) is 0 Å². The van der Waals surface area contributed by atoms with Gasteiger partial charge in [-0.3, -0.25) is 9.38 Å². The summed E-state index contributed by atoms with van der Waals surface area (Å²) in [5, 5.41) is 9.34. The number of thiophene rings is 1. The standard InChI is InChI=1S/C14H11N5S/c1-2-10-6-11-13-18-16-8-19(13)12(17-14(11)20-10)9-4-3-5-15-7-9/h3-8H,2H2,1H3. The van der Waals surface area contributed by atoms with Gasteiger partial charge in [0.05, 0.1) is 5.39 Å². The fourth-order valence-corrected chi connectivity index (χ4v) is 3.23. The van der Waals surface area contributed by atoms with Crippen molar-refractivity contribution in [2.24, 2.45) is 0 Å². The smallest absolute Gasteiger partial charge is 0.172 e. The molecule has 4 aromatic heterocycles. The second kappa shape index (κ2) is 4.35. The van der Waals surface area contributed by atoms with Crippen LogP contribution in [-0.4, -0.2) is 24.6 Å². The van der Waals surface area contributed by atoms with Crippen LogP contribution in [0.25, 0.3) is 27.3 Å². The Labute approximate surface area is 119 Å². The molecule has 4 heterocycles. The number of nitrogens with zero attached hydrogens (tertiary/aromatic N) is 5. The summed E-state index contributed by atoms with van der Waals surface area (Å²) < 4.78 is 1.92. The van der Waals surface area contributed by atoms with Gasteiger partial charge in [0.2, 0.25) is 0 Å². The van der Waals surface area contributed by atoms with Gasteiger partial charge in [-0.25, -0.2) is 4.98 Å². The molecule has 0 saturated carbocycles. The lowest BCUT2D eigenvalue weighted by Gasteiger charge is -2.03. The first-order chi connectivity index (χ1) is 9.86. The van der Waals surface area contributed by atoms with Crippen LogP contribution in [0.1, 0.15) is 11.8 Å². The first-order valence-electron chi connectivity index (χ1n) is 6.39. The largest absolute Gasteiger partial charge is 0.264 e. The molecular formula is C14H11N5S. The second-order valence-corrected chi connectivity index (χ2v) is 5.60. The fraction of sp³-hybridized carbons (Fsp3) is 0.143. The normalized spacial score (nSPS) is 11.4. The monoisotopic (exact) mass is 281 g/mol. The number of aryl methyl sites for hydroxylation is 1. The molecule has 20 heavy (non-hydrogen) atoms. The van der Waals surface area contributed by atoms with E-state index in [4.69, 9.17) is 4.98 Å². The van der Waals surface area contributed by atoms with Crippen LogP contribution in [0, 0.1) is 0 Å². The van der Waals surface area contributed by atoms with E-state index >= 15 is 0 Å². The van der Waals surface area contributed by atoms with Crippen molar-refractivity contribution in [1.29, 1.82) is 0 Å². The minimum Gasteiger partial charge on any atom is -0.264 e. The molecule has 0 aromatic carbocycles. The average Bonchev–Trinajstić information content (AvgIpc) is 3.13. The van der Waals surface area contributed by atoms with Crippen LogP contribution in [-0.2, 0) is 6.42 Å². The van der Waals surface area contributed by atoms with Gasteiger partial charge in [-0.05, 0) is 24.6 Å². The van der Waals surface area contributed by atoms with Crippen LogP contribution in [0.4, 0.5) is 0 Å². The zero-order valence-corrected chi connectivity index (χ0v) is 11.6. The van der Waals surface area contributed by atoms with Gasteiger partial charge in [0.25, 0.3) is 0 Å². The summed E-state index contributed by atoms with van der Waals surface area (Å²) in [6.07, 6.45) is 6.27. The predicted octanol–water partition coefficient (Wildman–Crippen LogP) is 2.96. The quantitative estimate of drug-likeness (QED) is 0.567. The predicted molar refractivity (Wildman–Crippen MR) is 78.8 cm³/mol. The Morgan fingerprint density at radius 3 is 3.10 bits per heavy atom. The molecule has 0 bridgehead atoms. The summed E-state index contributed by atoms with van der Waals surface area (Å²) in [5.41, 5.74) is 1.82. The molecule has 0 fully saturated rings. The molecule has 0 unspecified atom stereocenters. The van der Waals surface area contributed by atoms with Crippen LogP contribution >= 0.6 is 11.3 Å². The van der Waals surface area contributed by atoms with Crippen LogP contribution in [0.2, 0.25) is 0 Å². The highest BCUT2D eigenvalue weighted by Crippen LogP contribution is 2.30. The Bertz CT molecular complexity index is 894. The van der Waals surface area contributed by atoms with Crippen molar-refractivity contribution in [1.82, 2.24) is 24.6 Å². The molecule has 4 rings (SSSR count).